The minimum Gasteiger partial charge on any atom is -0.406 e. The van der Waals surface area contributed by atoms with E-state index < -0.39 is 6.36 Å². The highest BCUT2D eigenvalue weighted by Gasteiger charge is 2.30. The average Bonchev–Trinajstić information content (AvgIpc) is 2.58. The molecule has 3 nitrogen and oxygen atoms in total. The van der Waals surface area contributed by atoms with Gasteiger partial charge in [-0.3, -0.25) is 0 Å². The van der Waals surface area contributed by atoms with Crippen molar-refractivity contribution in [3.63, 3.8) is 0 Å². The smallest absolute Gasteiger partial charge is 0.406 e. The predicted molar refractivity (Wildman–Crippen MR) is 89.0 cm³/mol. The molecule has 6 heteroatoms. The maximum absolute atomic E-state index is 12.1. The summed E-state index contributed by atoms with van der Waals surface area (Å²) < 4.78 is 40.1. The average molecular weight is 348 g/mol. The fraction of sp³-hybridized carbons (Fsp3) is 0.368. The highest BCUT2D eigenvalue weighted by molar-refractivity contribution is 5.41. The fourth-order valence-electron chi connectivity index (χ4n) is 2.17. The summed E-state index contributed by atoms with van der Waals surface area (Å²) in [6.07, 6.45) is 4.55. The van der Waals surface area contributed by atoms with E-state index in [0.29, 0.717) is 11.4 Å². The molecule has 0 aliphatic carbocycles. The third-order valence-corrected chi connectivity index (χ3v) is 3.43. The van der Waals surface area contributed by atoms with Gasteiger partial charge in [-0.15, -0.1) is 13.2 Å². The SMILES string of the molecule is CCCCCCc1cnc(C#Cc2ccc(OC(F)(F)F)cc2)nc1. The lowest BCUT2D eigenvalue weighted by Crippen LogP contribution is -2.16. The first-order valence-corrected chi connectivity index (χ1v) is 8.15. The zero-order chi connectivity index (χ0) is 18.1. The Hall–Kier alpha value is -2.55. The maximum Gasteiger partial charge on any atom is 0.573 e. The molecule has 25 heavy (non-hydrogen) atoms. The molecular formula is C19H19F3N2O. The van der Waals surface area contributed by atoms with Crippen LogP contribution in [0.4, 0.5) is 13.2 Å². The van der Waals surface area contributed by atoms with Crippen LogP contribution in [0.3, 0.4) is 0 Å². The summed E-state index contributed by atoms with van der Waals surface area (Å²) in [7, 11) is 0. The van der Waals surface area contributed by atoms with Crippen molar-refractivity contribution in [2.75, 3.05) is 0 Å². The number of rotatable bonds is 6. The van der Waals surface area contributed by atoms with Gasteiger partial charge in [0.15, 0.2) is 0 Å². The van der Waals surface area contributed by atoms with Gasteiger partial charge in [0.2, 0.25) is 5.82 Å². The summed E-state index contributed by atoms with van der Waals surface area (Å²) in [5.74, 6) is 5.72. The van der Waals surface area contributed by atoms with E-state index in [0.717, 1.165) is 18.4 Å². The summed E-state index contributed by atoms with van der Waals surface area (Å²) in [6, 6.07) is 5.35. The van der Waals surface area contributed by atoms with Crippen molar-refractivity contribution >= 4 is 0 Å². The van der Waals surface area contributed by atoms with Crippen LogP contribution in [0.2, 0.25) is 0 Å². The molecule has 2 aromatic rings. The van der Waals surface area contributed by atoms with Crippen molar-refractivity contribution in [2.45, 2.75) is 45.4 Å². The molecule has 0 saturated carbocycles. The Bertz CT molecular complexity index is 714. The number of nitrogens with zero attached hydrogens (tertiary/aromatic N) is 2. The van der Waals surface area contributed by atoms with Gasteiger partial charge < -0.3 is 4.74 Å². The summed E-state index contributed by atoms with van der Waals surface area (Å²) in [4.78, 5) is 8.40. The number of aryl methyl sites for hydroxylation is 1. The van der Waals surface area contributed by atoms with Gasteiger partial charge >= 0.3 is 6.36 Å². The van der Waals surface area contributed by atoms with Gasteiger partial charge in [0.25, 0.3) is 0 Å². The molecule has 0 bridgehead atoms. The van der Waals surface area contributed by atoms with Crippen LogP contribution >= 0.6 is 0 Å². The molecule has 0 radical (unpaired) electrons. The molecule has 0 atom stereocenters. The first kappa shape index (κ1) is 18.8. The Morgan fingerprint density at radius 3 is 2.24 bits per heavy atom. The lowest BCUT2D eigenvalue weighted by Gasteiger charge is -2.07. The van der Waals surface area contributed by atoms with E-state index in [9.17, 15) is 13.2 Å². The number of aromatic nitrogens is 2. The molecule has 0 unspecified atom stereocenters. The maximum atomic E-state index is 12.1. The molecule has 1 aromatic heterocycles. The van der Waals surface area contributed by atoms with Crippen LogP contribution in [0, 0.1) is 11.8 Å². The van der Waals surface area contributed by atoms with E-state index >= 15 is 0 Å². The number of alkyl halides is 3. The van der Waals surface area contributed by atoms with E-state index in [-0.39, 0.29) is 5.75 Å². The van der Waals surface area contributed by atoms with Crippen molar-refractivity contribution in [2.24, 2.45) is 0 Å². The molecule has 0 amide bonds. The second-order valence-corrected chi connectivity index (χ2v) is 5.55. The lowest BCUT2D eigenvalue weighted by atomic mass is 10.1. The Morgan fingerprint density at radius 1 is 0.960 bits per heavy atom. The van der Waals surface area contributed by atoms with Gasteiger partial charge in [0.1, 0.15) is 5.75 Å². The first-order chi connectivity index (χ1) is 12.0. The minimum atomic E-state index is -4.70. The number of unbranched alkanes of at least 4 members (excludes halogenated alkanes) is 3. The van der Waals surface area contributed by atoms with E-state index in [1.165, 1.54) is 43.5 Å². The van der Waals surface area contributed by atoms with Gasteiger partial charge in [-0.1, -0.05) is 32.1 Å². The highest BCUT2D eigenvalue weighted by atomic mass is 19.4. The summed E-state index contributed by atoms with van der Waals surface area (Å²) in [5.41, 5.74) is 1.64. The van der Waals surface area contributed by atoms with Crippen LogP contribution in [0.1, 0.15) is 49.6 Å². The van der Waals surface area contributed by atoms with Crippen LogP contribution in [0.5, 0.6) is 5.75 Å². The molecule has 1 aromatic carbocycles. The predicted octanol–water partition coefficient (Wildman–Crippen LogP) is 4.90. The lowest BCUT2D eigenvalue weighted by molar-refractivity contribution is -0.274. The van der Waals surface area contributed by atoms with Crippen molar-refractivity contribution in [1.29, 1.82) is 0 Å². The van der Waals surface area contributed by atoms with E-state index in [1.54, 1.807) is 12.4 Å². The van der Waals surface area contributed by atoms with E-state index in [1.807, 2.05) is 0 Å². The molecule has 0 aliphatic rings. The van der Waals surface area contributed by atoms with Gasteiger partial charge in [-0.25, -0.2) is 9.97 Å². The number of halogens is 3. The molecule has 0 spiro atoms. The quantitative estimate of drug-likeness (QED) is 0.550. The van der Waals surface area contributed by atoms with Crippen molar-refractivity contribution in [3.8, 4) is 17.6 Å². The van der Waals surface area contributed by atoms with Gasteiger partial charge in [0.05, 0.1) is 0 Å². The zero-order valence-electron chi connectivity index (χ0n) is 13.9. The molecule has 2 rings (SSSR count). The van der Waals surface area contributed by atoms with Gasteiger partial charge in [0, 0.05) is 18.0 Å². The van der Waals surface area contributed by atoms with Gasteiger partial charge in [-0.2, -0.15) is 0 Å². The normalized spacial score (nSPS) is 10.9. The van der Waals surface area contributed by atoms with Crippen LogP contribution in [0.25, 0.3) is 0 Å². The molecule has 0 N–H and O–H groups in total. The van der Waals surface area contributed by atoms with Crippen LogP contribution in [-0.2, 0) is 6.42 Å². The number of hydrogen-bond donors (Lipinski definition) is 0. The van der Waals surface area contributed by atoms with Crippen molar-refractivity contribution in [1.82, 2.24) is 9.97 Å². The Kier molecular flexibility index (Phi) is 6.81. The first-order valence-electron chi connectivity index (χ1n) is 8.15. The number of benzene rings is 1. The molecule has 0 saturated heterocycles. The summed E-state index contributed by atoms with van der Waals surface area (Å²) in [6.45, 7) is 2.17. The van der Waals surface area contributed by atoms with Gasteiger partial charge in [-0.05, 0) is 48.6 Å². The largest absolute Gasteiger partial charge is 0.573 e. The zero-order valence-corrected chi connectivity index (χ0v) is 13.9. The molecular weight excluding hydrogens is 329 g/mol. The highest BCUT2D eigenvalue weighted by Crippen LogP contribution is 2.22. The molecule has 132 valence electrons. The second-order valence-electron chi connectivity index (χ2n) is 5.55. The summed E-state index contributed by atoms with van der Waals surface area (Å²) >= 11 is 0. The molecule has 1 heterocycles. The van der Waals surface area contributed by atoms with Crippen LogP contribution < -0.4 is 4.74 Å². The third kappa shape index (κ3) is 7.25. The monoisotopic (exact) mass is 348 g/mol. The van der Waals surface area contributed by atoms with Crippen molar-refractivity contribution in [3.05, 3.63) is 53.6 Å². The van der Waals surface area contributed by atoms with E-state index in [4.69, 9.17) is 0 Å². The molecule has 0 aliphatic heterocycles. The van der Waals surface area contributed by atoms with Crippen LogP contribution in [-0.4, -0.2) is 16.3 Å². The standard InChI is InChI=1S/C19H19F3N2O/c1-2-3-4-5-6-16-13-23-18(24-14-16)12-9-15-7-10-17(11-8-15)25-19(20,21)22/h7-8,10-11,13-14H,2-6H2,1H3. The van der Waals surface area contributed by atoms with E-state index in [2.05, 4.69) is 33.5 Å². The second kappa shape index (κ2) is 9.07. The minimum absolute atomic E-state index is 0.276. The number of hydrogen-bond acceptors (Lipinski definition) is 3. The Balaban J connectivity index is 1.92. The summed E-state index contributed by atoms with van der Waals surface area (Å²) in [5, 5.41) is 0. The Morgan fingerprint density at radius 2 is 1.64 bits per heavy atom. The third-order valence-electron chi connectivity index (χ3n) is 3.43. The Labute approximate surface area is 145 Å². The van der Waals surface area contributed by atoms with Crippen LogP contribution in [0.15, 0.2) is 36.7 Å². The number of ether oxygens (including phenoxy) is 1. The fourth-order valence-corrected chi connectivity index (χ4v) is 2.17. The topological polar surface area (TPSA) is 35.0 Å². The van der Waals surface area contributed by atoms with Crippen molar-refractivity contribution < 1.29 is 17.9 Å². The molecule has 0 fully saturated rings.